The van der Waals surface area contributed by atoms with Crippen molar-refractivity contribution in [2.24, 2.45) is 0 Å². The van der Waals surface area contributed by atoms with Crippen molar-refractivity contribution in [3.63, 3.8) is 0 Å². The van der Waals surface area contributed by atoms with Crippen molar-refractivity contribution >= 4 is 33.9 Å². The number of carbonyl (C=O) groups is 1. The third-order valence-corrected chi connectivity index (χ3v) is 5.42. The number of ether oxygens (including phenoxy) is 1. The molecule has 0 bridgehead atoms. The van der Waals surface area contributed by atoms with Crippen molar-refractivity contribution in [3.8, 4) is 0 Å². The number of aromatic nitrogens is 1. The van der Waals surface area contributed by atoms with Crippen LogP contribution in [0, 0.1) is 0 Å². The van der Waals surface area contributed by atoms with E-state index in [1.165, 1.54) is 23.3 Å². The van der Waals surface area contributed by atoms with E-state index < -0.39 is 11.6 Å². The summed E-state index contributed by atoms with van der Waals surface area (Å²) in [5.74, 6) is -0.493. The molecule has 2 aromatic heterocycles. The van der Waals surface area contributed by atoms with Crippen LogP contribution in [-0.2, 0) is 29.0 Å². The molecule has 0 atom stereocenters. The lowest BCUT2D eigenvalue weighted by molar-refractivity contribution is -0.138. The molecule has 5 rings (SSSR count). The van der Waals surface area contributed by atoms with Gasteiger partial charge in [-0.2, -0.15) is 0 Å². The predicted octanol–water partition coefficient (Wildman–Crippen LogP) is 4.59. The summed E-state index contributed by atoms with van der Waals surface area (Å²) in [5, 5.41) is 1.86. The van der Waals surface area contributed by atoms with E-state index in [2.05, 4.69) is 11.1 Å². The minimum absolute atomic E-state index is 0.00914. The zero-order chi connectivity index (χ0) is 20.5. The standard InChI is InChI=1S/C25H19NO4/c27-24(11-10-20-9-8-16-4-1-2-7-22(16)26-20)29-15-19-14-25(28)30-23-13-18-6-3-5-17(18)12-21(19)23/h1-2,4,7-14H,3,5-6,15H2/b11-10+. The third-order valence-electron chi connectivity index (χ3n) is 5.42. The number of esters is 1. The van der Waals surface area contributed by atoms with Gasteiger partial charge in [-0.15, -0.1) is 0 Å². The molecular formula is C25H19NO4. The molecule has 1 aliphatic rings. The molecule has 0 N–H and O–H groups in total. The fraction of sp³-hybridized carbons (Fsp3) is 0.160. The first-order valence-electron chi connectivity index (χ1n) is 9.95. The molecule has 1 aliphatic carbocycles. The van der Waals surface area contributed by atoms with Crippen molar-refractivity contribution < 1.29 is 13.9 Å². The van der Waals surface area contributed by atoms with Crippen LogP contribution >= 0.6 is 0 Å². The molecule has 30 heavy (non-hydrogen) atoms. The lowest BCUT2D eigenvalue weighted by Gasteiger charge is -2.08. The first-order chi connectivity index (χ1) is 14.7. The molecule has 5 heteroatoms. The lowest BCUT2D eigenvalue weighted by Crippen LogP contribution is -2.06. The number of rotatable bonds is 4. The van der Waals surface area contributed by atoms with Crippen LogP contribution in [0.25, 0.3) is 27.9 Å². The highest BCUT2D eigenvalue weighted by molar-refractivity contribution is 5.88. The fourth-order valence-electron chi connectivity index (χ4n) is 3.94. The van der Waals surface area contributed by atoms with Gasteiger partial charge in [0.15, 0.2) is 0 Å². The normalized spacial score (nSPS) is 13.2. The number of nitrogens with zero attached hydrogens (tertiary/aromatic N) is 1. The Labute approximate surface area is 172 Å². The summed E-state index contributed by atoms with van der Waals surface area (Å²) in [6.07, 6.45) is 6.10. The van der Waals surface area contributed by atoms with Crippen molar-refractivity contribution in [3.05, 3.63) is 93.5 Å². The maximum absolute atomic E-state index is 12.2. The second-order valence-electron chi connectivity index (χ2n) is 7.43. The van der Waals surface area contributed by atoms with Crippen LogP contribution in [0.4, 0.5) is 0 Å². The number of hydrogen-bond acceptors (Lipinski definition) is 5. The van der Waals surface area contributed by atoms with Gasteiger partial charge in [0.1, 0.15) is 12.2 Å². The van der Waals surface area contributed by atoms with E-state index in [0.29, 0.717) is 16.8 Å². The number of fused-ring (bicyclic) bond motifs is 3. The molecule has 148 valence electrons. The van der Waals surface area contributed by atoms with Gasteiger partial charge in [0.05, 0.1) is 11.2 Å². The van der Waals surface area contributed by atoms with Gasteiger partial charge in [-0.25, -0.2) is 14.6 Å². The van der Waals surface area contributed by atoms with Crippen molar-refractivity contribution in [1.82, 2.24) is 4.98 Å². The Kier molecular flexibility index (Phi) is 4.64. The zero-order valence-corrected chi connectivity index (χ0v) is 16.3. The highest BCUT2D eigenvalue weighted by Gasteiger charge is 2.15. The number of aryl methyl sites for hydroxylation is 2. The predicted molar refractivity (Wildman–Crippen MR) is 115 cm³/mol. The monoisotopic (exact) mass is 397 g/mol. The van der Waals surface area contributed by atoms with E-state index in [-0.39, 0.29) is 6.61 Å². The summed E-state index contributed by atoms with van der Waals surface area (Å²) in [6, 6.07) is 17.0. The van der Waals surface area contributed by atoms with Crippen LogP contribution in [0.1, 0.15) is 28.8 Å². The Morgan fingerprint density at radius 3 is 2.80 bits per heavy atom. The van der Waals surface area contributed by atoms with E-state index in [1.807, 2.05) is 42.5 Å². The molecule has 0 spiro atoms. The van der Waals surface area contributed by atoms with Gasteiger partial charge in [0, 0.05) is 28.5 Å². The number of hydrogen-bond donors (Lipinski definition) is 0. The molecule has 0 radical (unpaired) electrons. The lowest BCUT2D eigenvalue weighted by atomic mass is 10.0. The second-order valence-corrected chi connectivity index (χ2v) is 7.43. The summed E-state index contributed by atoms with van der Waals surface area (Å²) >= 11 is 0. The number of carbonyl (C=O) groups excluding carboxylic acids is 1. The maximum Gasteiger partial charge on any atom is 0.336 e. The Bertz CT molecular complexity index is 1370. The molecule has 0 saturated heterocycles. The van der Waals surface area contributed by atoms with Gasteiger partial charge in [-0.1, -0.05) is 24.3 Å². The van der Waals surface area contributed by atoms with Gasteiger partial charge >= 0.3 is 11.6 Å². The smallest absolute Gasteiger partial charge is 0.336 e. The van der Waals surface area contributed by atoms with Gasteiger partial charge in [-0.3, -0.25) is 0 Å². The first kappa shape index (κ1) is 18.3. The fourth-order valence-corrected chi connectivity index (χ4v) is 3.94. The van der Waals surface area contributed by atoms with Gasteiger partial charge in [0.2, 0.25) is 0 Å². The van der Waals surface area contributed by atoms with E-state index in [9.17, 15) is 9.59 Å². The van der Waals surface area contributed by atoms with Crippen molar-refractivity contribution in [2.75, 3.05) is 0 Å². The highest BCUT2D eigenvalue weighted by atomic mass is 16.5. The van der Waals surface area contributed by atoms with Gasteiger partial charge in [0.25, 0.3) is 0 Å². The third kappa shape index (κ3) is 3.62. The Morgan fingerprint density at radius 1 is 1.07 bits per heavy atom. The van der Waals surface area contributed by atoms with Gasteiger partial charge in [-0.05, 0) is 60.7 Å². The number of para-hydroxylation sites is 1. The zero-order valence-electron chi connectivity index (χ0n) is 16.3. The summed E-state index contributed by atoms with van der Waals surface area (Å²) in [4.78, 5) is 28.7. The molecule has 2 aromatic carbocycles. The Hall–Kier alpha value is -3.73. The van der Waals surface area contributed by atoms with Crippen LogP contribution < -0.4 is 5.63 Å². The highest BCUT2D eigenvalue weighted by Crippen LogP contribution is 2.28. The van der Waals surface area contributed by atoms with E-state index in [1.54, 1.807) is 6.08 Å². The summed E-state index contributed by atoms with van der Waals surface area (Å²) in [6.45, 7) is 0.00914. The van der Waals surface area contributed by atoms with Crippen LogP contribution in [0.3, 0.4) is 0 Å². The molecule has 0 saturated carbocycles. The number of benzene rings is 2. The van der Waals surface area contributed by atoms with E-state index >= 15 is 0 Å². The Morgan fingerprint density at radius 2 is 1.90 bits per heavy atom. The SMILES string of the molecule is O=C(/C=C/c1ccc2ccccc2n1)OCc1cc(=O)oc2cc3c(cc12)CCC3. The molecule has 0 aliphatic heterocycles. The number of pyridine rings is 1. The molecular weight excluding hydrogens is 378 g/mol. The second kappa shape index (κ2) is 7.59. The minimum Gasteiger partial charge on any atom is -0.458 e. The molecule has 0 fully saturated rings. The summed E-state index contributed by atoms with van der Waals surface area (Å²) in [7, 11) is 0. The average Bonchev–Trinajstić information content (AvgIpc) is 3.21. The molecule has 4 aromatic rings. The largest absolute Gasteiger partial charge is 0.458 e. The quantitative estimate of drug-likeness (QED) is 0.286. The summed E-state index contributed by atoms with van der Waals surface area (Å²) in [5.41, 5.74) is 4.79. The van der Waals surface area contributed by atoms with E-state index in [0.717, 1.165) is 35.6 Å². The van der Waals surface area contributed by atoms with Crippen molar-refractivity contribution in [2.45, 2.75) is 25.9 Å². The van der Waals surface area contributed by atoms with Crippen LogP contribution in [-0.4, -0.2) is 11.0 Å². The Balaban J connectivity index is 1.34. The average molecular weight is 397 g/mol. The molecule has 2 heterocycles. The molecule has 0 amide bonds. The molecule has 5 nitrogen and oxygen atoms in total. The van der Waals surface area contributed by atoms with Crippen LogP contribution in [0.15, 0.2) is 69.9 Å². The van der Waals surface area contributed by atoms with Gasteiger partial charge < -0.3 is 9.15 Å². The van der Waals surface area contributed by atoms with Crippen LogP contribution in [0.5, 0.6) is 0 Å². The molecule has 0 unspecified atom stereocenters. The topological polar surface area (TPSA) is 69.4 Å². The minimum atomic E-state index is -0.493. The van der Waals surface area contributed by atoms with Crippen molar-refractivity contribution in [1.29, 1.82) is 0 Å². The maximum atomic E-state index is 12.2. The first-order valence-corrected chi connectivity index (χ1v) is 9.95. The van der Waals surface area contributed by atoms with Crippen LogP contribution in [0.2, 0.25) is 0 Å². The van der Waals surface area contributed by atoms with E-state index in [4.69, 9.17) is 9.15 Å². The summed E-state index contributed by atoms with van der Waals surface area (Å²) < 4.78 is 10.7.